The van der Waals surface area contributed by atoms with E-state index in [9.17, 15) is 19.8 Å². The number of esters is 2. The minimum absolute atomic E-state index is 0.194. The summed E-state index contributed by atoms with van der Waals surface area (Å²) >= 11 is 4.57. The van der Waals surface area contributed by atoms with Crippen molar-refractivity contribution in [1.82, 2.24) is 0 Å². The summed E-state index contributed by atoms with van der Waals surface area (Å²) in [6, 6.07) is -1.10. The molecule has 0 aromatic carbocycles. The fourth-order valence-corrected chi connectivity index (χ4v) is 3.01. The lowest BCUT2D eigenvalue weighted by molar-refractivity contribution is -0.255. The van der Waals surface area contributed by atoms with Crippen LogP contribution in [0.3, 0.4) is 0 Å². The predicted octanol–water partition coefficient (Wildman–Crippen LogP) is 2.15. The quantitative estimate of drug-likeness (QED) is 0.215. The van der Waals surface area contributed by atoms with Gasteiger partial charge in [0.05, 0.1) is 5.16 Å². The number of isothiocyanates is 1. The molecule has 1 aliphatic heterocycles. The van der Waals surface area contributed by atoms with E-state index < -0.39 is 42.6 Å². The molecule has 0 aromatic rings. The maximum absolute atomic E-state index is 12.1. The van der Waals surface area contributed by atoms with Crippen molar-refractivity contribution < 1.29 is 34.0 Å². The van der Waals surface area contributed by atoms with Gasteiger partial charge in [0, 0.05) is 12.8 Å². The van der Waals surface area contributed by atoms with Gasteiger partial charge in [-0.2, -0.15) is 0 Å². The summed E-state index contributed by atoms with van der Waals surface area (Å²) in [5.74, 6) is -0.919. The number of nitrogens with zero attached hydrogens (tertiary/aromatic N) is 1. The van der Waals surface area contributed by atoms with Gasteiger partial charge in [-0.1, -0.05) is 39.5 Å². The first-order valence-electron chi connectivity index (χ1n) is 9.88. The third-order valence-electron chi connectivity index (χ3n) is 4.51. The number of hydrogen-bond donors (Lipinski definition) is 2. The second-order valence-electron chi connectivity index (χ2n) is 6.82. The number of carbonyl (C=O) groups excluding carboxylic acids is 2. The summed E-state index contributed by atoms with van der Waals surface area (Å²) in [5.41, 5.74) is 0. The Kier molecular flexibility index (Phi) is 12.1. The summed E-state index contributed by atoms with van der Waals surface area (Å²) in [7, 11) is 0. The molecule has 9 heteroatoms. The Balaban J connectivity index is 2.70. The molecule has 160 valence electrons. The summed E-state index contributed by atoms with van der Waals surface area (Å²) in [4.78, 5) is 27.6. The van der Waals surface area contributed by atoms with Gasteiger partial charge in [0.2, 0.25) is 0 Å². The number of aliphatic imine (C=N–C) groups is 1. The smallest absolute Gasteiger partial charge is 0.306 e. The summed E-state index contributed by atoms with van der Waals surface area (Å²) < 4.78 is 15.8. The molecule has 0 amide bonds. The second-order valence-corrected chi connectivity index (χ2v) is 7.00. The minimum Gasteiger partial charge on any atom is -0.463 e. The molecule has 28 heavy (non-hydrogen) atoms. The molecule has 1 saturated heterocycles. The monoisotopic (exact) mass is 417 g/mol. The molecule has 1 rings (SSSR count). The highest BCUT2D eigenvalue weighted by Gasteiger charge is 2.47. The normalized spacial score (nSPS) is 26.9. The van der Waals surface area contributed by atoms with Crippen LogP contribution < -0.4 is 0 Å². The lowest BCUT2D eigenvalue weighted by atomic mass is 9.97. The van der Waals surface area contributed by atoms with Crippen molar-refractivity contribution in [3.8, 4) is 0 Å². The number of thiocarbonyl (C=S) groups is 1. The van der Waals surface area contributed by atoms with Crippen LogP contribution in [0.5, 0.6) is 0 Å². The van der Waals surface area contributed by atoms with E-state index in [1.165, 1.54) is 0 Å². The summed E-state index contributed by atoms with van der Waals surface area (Å²) in [6.07, 6.45) is 0.559. The molecule has 0 aromatic heterocycles. The molecule has 8 nitrogen and oxygen atoms in total. The number of unbranched alkanes of at least 4 members (excludes halogenated alkanes) is 4. The van der Waals surface area contributed by atoms with Crippen molar-refractivity contribution >= 4 is 29.3 Å². The fourth-order valence-electron chi connectivity index (χ4n) is 2.89. The van der Waals surface area contributed by atoms with E-state index in [2.05, 4.69) is 22.4 Å². The minimum atomic E-state index is -1.48. The van der Waals surface area contributed by atoms with Gasteiger partial charge in [0.1, 0.15) is 18.8 Å². The molecular formula is C19H31NO7S. The number of ether oxygens (including phenoxy) is 3. The lowest BCUT2D eigenvalue weighted by Crippen LogP contribution is -2.59. The highest BCUT2D eigenvalue weighted by molar-refractivity contribution is 7.78. The second kappa shape index (κ2) is 13.7. The lowest BCUT2D eigenvalue weighted by Gasteiger charge is -2.40. The van der Waals surface area contributed by atoms with Crippen LogP contribution in [0.1, 0.15) is 65.2 Å². The van der Waals surface area contributed by atoms with E-state index in [0.29, 0.717) is 6.42 Å². The van der Waals surface area contributed by atoms with E-state index in [4.69, 9.17) is 14.2 Å². The van der Waals surface area contributed by atoms with Gasteiger partial charge < -0.3 is 24.4 Å². The highest BCUT2D eigenvalue weighted by Crippen LogP contribution is 2.26. The standard InChI is InChI=1S/C19H31NO7S/c1-3-5-7-9-14(21)25-11-13-17(23)18(16(20-12-28)19(24)26-13)27-15(22)10-8-6-4-2/h13,16-19,23-24H,3-11H2,1-2H3/t13-,16-,17-,18-,19-/m1/s1. The molecule has 0 spiro atoms. The van der Waals surface area contributed by atoms with Gasteiger partial charge in [-0.05, 0) is 25.1 Å². The molecule has 0 saturated carbocycles. The van der Waals surface area contributed by atoms with E-state index in [0.717, 1.165) is 32.1 Å². The average molecular weight is 418 g/mol. The zero-order chi connectivity index (χ0) is 20.9. The Morgan fingerprint density at radius 1 is 1.07 bits per heavy atom. The van der Waals surface area contributed by atoms with Crippen LogP contribution in [0.25, 0.3) is 0 Å². The Morgan fingerprint density at radius 2 is 1.68 bits per heavy atom. The number of rotatable bonds is 12. The van der Waals surface area contributed by atoms with Crippen molar-refractivity contribution in [3.63, 3.8) is 0 Å². The van der Waals surface area contributed by atoms with Crippen LogP contribution in [-0.2, 0) is 23.8 Å². The molecule has 1 aliphatic rings. The van der Waals surface area contributed by atoms with E-state index in [-0.39, 0.29) is 19.4 Å². The van der Waals surface area contributed by atoms with Crippen molar-refractivity contribution in [2.24, 2.45) is 4.99 Å². The fraction of sp³-hybridized carbons (Fsp3) is 0.842. The third kappa shape index (κ3) is 8.32. The Bertz CT molecular complexity index is 538. The summed E-state index contributed by atoms with van der Waals surface area (Å²) in [6.45, 7) is 3.78. The van der Waals surface area contributed by atoms with Crippen molar-refractivity contribution in [2.75, 3.05) is 6.61 Å². The van der Waals surface area contributed by atoms with Crippen molar-refractivity contribution in [1.29, 1.82) is 0 Å². The zero-order valence-electron chi connectivity index (χ0n) is 16.5. The molecule has 2 N–H and O–H groups in total. The first-order chi connectivity index (χ1) is 13.4. The van der Waals surface area contributed by atoms with Gasteiger partial charge in [0.15, 0.2) is 18.4 Å². The van der Waals surface area contributed by atoms with Gasteiger partial charge >= 0.3 is 11.9 Å². The van der Waals surface area contributed by atoms with Crippen LogP contribution in [0.2, 0.25) is 0 Å². The van der Waals surface area contributed by atoms with E-state index >= 15 is 0 Å². The molecule has 0 bridgehead atoms. The van der Waals surface area contributed by atoms with Gasteiger partial charge in [-0.25, -0.2) is 4.99 Å². The number of carbonyl (C=O) groups is 2. The van der Waals surface area contributed by atoms with Crippen molar-refractivity contribution in [2.45, 2.75) is 95.9 Å². The largest absolute Gasteiger partial charge is 0.463 e. The topological polar surface area (TPSA) is 115 Å². The molecule has 5 atom stereocenters. The molecule has 0 unspecified atom stereocenters. The maximum atomic E-state index is 12.1. The van der Waals surface area contributed by atoms with Gasteiger partial charge in [0.25, 0.3) is 0 Å². The van der Waals surface area contributed by atoms with E-state index in [1.54, 1.807) is 0 Å². The molecule has 1 fully saturated rings. The average Bonchev–Trinajstić information content (AvgIpc) is 2.66. The number of aliphatic hydroxyl groups is 2. The first-order valence-corrected chi connectivity index (χ1v) is 10.3. The van der Waals surface area contributed by atoms with E-state index in [1.807, 2.05) is 13.8 Å². The predicted molar refractivity (Wildman–Crippen MR) is 105 cm³/mol. The van der Waals surface area contributed by atoms with Gasteiger partial charge in [-0.15, -0.1) is 0 Å². The third-order valence-corrected chi connectivity index (χ3v) is 4.61. The molecular weight excluding hydrogens is 386 g/mol. The zero-order valence-corrected chi connectivity index (χ0v) is 17.4. The Morgan fingerprint density at radius 3 is 2.25 bits per heavy atom. The van der Waals surface area contributed by atoms with Crippen LogP contribution in [0, 0.1) is 0 Å². The molecule has 0 aliphatic carbocycles. The SMILES string of the molecule is CCCCCC(=O)OC[C@H]1O[C@@H](O)[C@H](N=C=S)[C@@H](OC(=O)CCCCC)[C@@H]1O. The number of aliphatic hydroxyl groups excluding tert-OH is 2. The summed E-state index contributed by atoms with van der Waals surface area (Å²) in [5, 5.41) is 22.9. The first kappa shape index (κ1) is 24.7. The maximum Gasteiger partial charge on any atom is 0.306 e. The number of hydrogen-bond acceptors (Lipinski definition) is 9. The molecule has 1 heterocycles. The van der Waals surface area contributed by atoms with Crippen LogP contribution in [0.15, 0.2) is 4.99 Å². The Hall–Kier alpha value is -1.38. The van der Waals surface area contributed by atoms with Crippen LogP contribution >= 0.6 is 12.2 Å². The van der Waals surface area contributed by atoms with Gasteiger partial charge in [-0.3, -0.25) is 9.59 Å². The molecule has 0 radical (unpaired) electrons. The highest BCUT2D eigenvalue weighted by atomic mass is 32.1. The Labute approximate surface area is 171 Å². The van der Waals surface area contributed by atoms with Crippen LogP contribution in [0.4, 0.5) is 0 Å². The van der Waals surface area contributed by atoms with Crippen molar-refractivity contribution in [3.05, 3.63) is 0 Å². The van der Waals surface area contributed by atoms with Crippen LogP contribution in [-0.4, -0.2) is 64.6 Å².